The van der Waals surface area contributed by atoms with Gasteiger partial charge < -0.3 is 9.73 Å². The molecule has 0 radical (unpaired) electrons. The molecule has 0 unspecified atom stereocenters. The topological polar surface area (TPSA) is 122 Å². The van der Waals surface area contributed by atoms with Crippen molar-refractivity contribution in [1.82, 2.24) is 20.4 Å². The number of carbonyl (C=O) groups excluding carboxylic acids is 4. The van der Waals surface area contributed by atoms with Crippen molar-refractivity contribution in [2.45, 2.75) is 39.2 Å². The summed E-state index contributed by atoms with van der Waals surface area (Å²) >= 11 is 0.824. The molecule has 1 aliphatic rings. The van der Waals surface area contributed by atoms with E-state index in [1.807, 2.05) is 0 Å². The van der Waals surface area contributed by atoms with Crippen LogP contribution in [0.25, 0.3) is 0 Å². The van der Waals surface area contributed by atoms with Gasteiger partial charge in [-0.15, -0.1) is 10.2 Å². The number of nitrogens with one attached hydrogen (secondary N) is 1. The minimum absolute atomic E-state index is 0.00669. The normalized spacial score (nSPS) is 15.4. The average Bonchev–Trinajstić information content (AvgIpc) is 3.35. The van der Waals surface area contributed by atoms with Gasteiger partial charge >= 0.3 is 0 Å². The summed E-state index contributed by atoms with van der Waals surface area (Å²) in [7, 11) is 0. The van der Waals surface area contributed by atoms with Crippen LogP contribution in [-0.2, 0) is 15.0 Å². The summed E-state index contributed by atoms with van der Waals surface area (Å²) in [6.07, 6.45) is 0. The number of hydrogen-bond acceptors (Lipinski definition) is 8. The maximum Gasteiger partial charge on any atom is 0.289 e. The van der Waals surface area contributed by atoms with Crippen molar-refractivity contribution in [1.29, 1.82) is 0 Å². The van der Waals surface area contributed by atoms with Gasteiger partial charge in [0.25, 0.3) is 11.1 Å². The molecule has 3 rings (SSSR count). The van der Waals surface area contributed by atoms with Gasteiger partial charge in [-0.05, 0) is 37.5 Å². The number of amides is 3. The first-order valence-electron chi connectivity index (χ1n) is 9.91. The van der Waals surface area contributed by atoms with Gasteiger partial charge in [-0.3, -0.25) is 24.1 Å². The van der Waals surface area contributed by atoms with E-state index in [1.54, 1.807) is 39.8 Å². The highest BCUT2D eigenvalue weighted by atomic mass is 32.2. The SMILES string of the molecule is CC(C)[C@@H](NC(=O)CN1C(=O)CSC1=O)C(=O)c1nnc(C(C)(C)c2ccc(F)cc2)o1. The second-order valence-electron chi connectivity index (χ2n) is 8.23. The quantitative estimate of drug-likeness (QED) is 0.594. The van der Waals surface area contributed by atoms with Crippen molar-refractivity contribution in [3.63, 3.8) is 0 Å². The summed E-state index contributed by atoms with van der Waals surface area (Å²) in [5.41, 5.74) is -0.0719. The number of aromatic nitrogens is 2. The predicted molar refractivity (Wildman–Crippen MR) is 113 cm³/mol. The van der Waals surface area contributed by atoms with E-state index < -0.39 is 40.8 Å². The summed E-state index contributed by atoms with van der Waals surface area (Å²) in [4.78, 5) is 49.6. The van der Waals surface area contributed by atoms with E-state index in [9.17, 15) is 23.6 Å². The lowest BCUT2D eigenvalue weighted by Gasteiger charge is -2.22. The van der Waals surface area contributed by atoms with Gasteiger partial charge in [-0.25, -0.2) is 4.39 Å². The fraction of sp³-hybridized carbons (Fsp3) is 0.429. The zero-order valence-electron chi connectivity index (χ0n) is 18.0. The van der Waals surface area contributed by atoms with Crippen molar-refractivity contribution in [2.24, 2.45) is 5.92 Å². The Bertz CT molecular complexity index is 1030. The Morgan fingerprint density at radius 2 is 1.88 bits per heavy atom. The third-order valence-electron chi connectivity index (χ3n) is 5.14. The number of halogens is 1. The number of Topliss-reactive ketones (excluding diaryl/α,β-unsaturated/α-hetero) is 1. The molecule has 0 spiro atoms. The van der Waals surface area contributed by atoms with E-state index in [2.05, 4.69) is 15.5 Å². The molecule has 32 heavy (non-hydrogen) atoms. The van der Waals surface area contributed by atoms with Gasteiger partial charge in [0, 0.05) is 0 Å². The highest BCUT2D eigenvalue weighted by molar-refractivity contribution is 8.14. The molecule has 9 nitrogen and oxygen atoms in total. The molecule has 11 heteroatoms. The first-order valence-corrected chi connectivity index (χ1v) is 10.9. The molecule has 170 valence electrons. The van der Waals surface area contributed by atoms with Crippen LogP contribution in [0, 0.1) is 11.7 Å². The molecule has 1 fully saturated rings. The Morgan fingerprint density at radius 1 is 1.22 bits per heavy atom. The van der Waals surface area contributed by atoms with Crippen LogP contribution in [0.4, 0.5) is 9.18 Å². The van der Waals surface area contributed by atoms with E-state index in [-0.39, 0.29) is 29.3 Å². The molecule has 2 heterocycles. The van der Waals surface area contributed by atoms with Crippen molar-refractivity contribution < 1.29 is 28.0 Å². The fourth-order valence-corrected chi connectivity index (χ4v) is 3.85. The highest BCUT2D eigenvalue weighted by Crippen LogP contribution is 2.30. The summed E-state index contributed by atoms with van der Waals surface area (Å²) < 4.78 is 18.9. The van der Waals surface area contributed by atoms with Crippen LogP contribution in [0.2, 0.25) is 0 Å². The third-order valence-corrected chi connectivity index (χ3v) is 6.00. The Balaban J connectivity index is 1.75. The fourth-order valence-electron chi connectivity index (χ4n) is 3.13. The number of carbonyl (C=O) groups is 4. The largest absolute Gasteiger partial charge is 0.417 e. The number of nitrogens with zero attached hydrogens (tertiary/aromatic N) is 3. The van der Waals surface area contributed by atoms with E-state index in [0.29, 0.717) is 5.56 Å². The van der Waals surface area contributed by atoms with Crippen LogP contribution in [0.3, 0.4) is 0 Å². The van der Waals surface area contributed by atoms with Crippen LogP contribution in [0.1, 0.15) is 49.8 Å². The Morgan fingerprint density at radius 3 is 2.44 bits per heavy atom. The maximum atomic E-state index is 13.3. The standard InChI is InChI=1S/C21H23FN4O5S/c1-11(2)16(23-14(27)9-26-15(28)10-32-20(26)30)17(29)18-24-25-19(31-18)21(3,4)12-5-7-13(22)8-6-12/h5-8,11,16H,9-10H2,1-4H3,(H,23,27)/t16-/m1/s1. The number of thioether (sulfide) groups is 1. The summed E-state index contributed by atoms with van der Waals surface area (Å²) in [5.74, 6) is -2.52. The molecular formula is C21H23FN4O5S. The van der Waals surface area contributed by atoms with Gasteiger partial charge in [-0.2, -0.15) is 0 Å². The van der Waals surface area contributed by atoms with E-state index in [1.165, 1.54) is 12.1 Å². The highest BCUT2D eigenvalue weighted by Gasteiger charge is 2.36. The average molecular weight is 463 g/mol. The zero-order chi connectivity index (χ0) is 23.6. The Hall–Kier alpha value is -3.08. The minimum Gasteiger partial charge on any atom is -0.417 e. The lowest BCUT2D eigenvalue weighted by atomic mass is 9.84. The van der Waals surface area contributed by atoms with Crippen molar-refractivity contribution >= 4 is 34.6 Å². The molecule has 1 aromatic heterocycles. The number of benzene rings is 1. The molecule has 0 bridgehead atoms. The van der Waals surface area contributed by atoms with Crippen LogP contribution < -0.4 is 5.32 Å². The predicted octanol–water partition coefficient (Wildman–Crippen LogP) is 2.55. The van der Waals surface area contributed by atoms with Crippen molar-refractivity contribution in [3.05, 3.63) is 47.4 Å². The van der Waals surface area contributed by atoms with Gasteiger partial charge in [-0.1, -0.05) is 37.7 Å². The molecule has 1 aliphatic heterocycles. The van der Waals surface area contributed by atoms with Crippen molar-refractivity contribution in [3.8, 4) is 0 Å². The first kappa shape index (κ1) is 23.6. The molecule has 1 saturated heterocycles. The van der Waals surface area contributed by atoms with Crippen LogP contribution in [0.5, 0.6) is 0 Å². The van der Waals surface area contributed by atoms with Crippen molar-refractivity contribution in [2.75, 3.05) is 12.3 Å². The second-order valence-corrected chi connectivity index (χ2v) is 9.16. The molecule has 1 aromatic carbocycles. The number of rotatable bonds is 8. The summed E-state index contributed by atoms with van der Waals surface area (Å²) in [6, 6.07) is 4.83. The number of hydrogen-bond donors (Lipinski definition) is 1. The molecule has 1 atom stereocenters. The maximum absolute atomic E-state index is 13.3. The third kappa shape index (κ3) is 4.87. The van der Waals surface area contributed by atoms with Gasteiger partial charge in [0.05, 0.1) is 17.2 Å². The van der Waals surface area contributed by atoms with Gasteiger partial charge in [0.1, 0.15) is 12.4 Å². The monoisotopic (exact) mass is 462 g/mol. The smallest absolute Gasteiger partial charge is 0.289 e. The summed E-state index contributed by atoms with van der Waals surface area (Å²) in [5, 5.41) is 9.89. The van der Waals surface area contributed by atoms with Crippen LogP contribution >= 0.6 is 11.8 Å². The van der Waals surface area contributed by atoms with Gasteiger partial charge in [0.15, 0.2) is 0 Å². The number of ketones is 1. The molecule has 1 N–H and O–H groups in total. The van der Waals surface area contributed by atoms with Crippen LogP contribution in [0.15, 0.2) is 28.7 Å². The van der Waals surface area contributed by atoms with E-state index in [0.717, 1.165) is 16.7 Å². The molecule has 3 amide bonds. The first-order chi connectivity index (χ1) is 15.0. The Labute approximate surface area is 188 Å². The Kier molecular flexibility index (Phi) is 6.77. The van der Waals surface area contributed by atoms with Gasteiger partial charge in [0.2, 0.25) is 23.5 Å². The summed E-state index contributed by atoms with van der Waals surface area (Å²) in [6.45, 7) is 6.58. The van der Waals surface area contributed by atoms with Crippen LogP contribution in [-0.4, -0.2) is 56.3 Å². The molecule has 0 saturated carbocycles. The van der Waals surface area contributed by atoms with E-state index >= 15 is 0 Å². The zero-order valence-corrected chi connectivity index (χ0v) is 18.9. The second kappa shape index (κ2) is 9.19. The number of imide groups is 1. The molecular weight excluding hydrogens is 439 g/mol. The molecule has 2 aromatic rings. The van der Waals surface area contributed by atoms with E-state index in [4.69, 9.17) is 4.42 Å². The minimum atomic E-state index is -0.995. The molecule has 0 aliphatic carbocycles. The lowest BCUT2D eigenvalue weighted by Crippen LogP contribution is -2.49. The lowest BCUT2D eigenvalue weighted by molar-refractivity contribution is -0.130.